The number of hydrogen-bond donors (Lipinski definition) is 0. The molecule has 0 aliphatic heterocycles. The third kappa shape index (κ3) is 3.12. The molecule has 0 aliphatic rings. The molecule has 0 radical (unpaired) electrons. The lowest BCUT2D eigenvalue weighted by atomic mass is 9.83. The summed E-state index contributed by atoms with van der Waals surface area (Å²) in [4.78, 5) is 2.58. The molecular weight excluding hydrogens is 270 g/mol. The molecule has 0 spiro atoms. The summed E-state index contributed by atoms with van der Waals surface area (Å²) in [6, 6.07) is 22.6. The van der Waals surface area contributed by atoms with Gasteiger partial charge in [0.05, 0.1) is 0 Å². The first-order valence-corrected chi connectivity index (χ1v) is 8.99. The van der Waals surface area contributed by atoms with E-state index in [0.717, 1.165) is 23.3 Å². The van der Waals surface area contributed by atoms with Gasteiger partial charge in [-0.2, -0.15) is 0 Å². The zero-order valence-corrected chi connectivity index (χ0v) is 15.7. The molecule has 0 N–H and O–H groups in total. The standard InChI is InChI=1S/C19H27NSi/c1-4-20(5-2)16(3)19(21,17-12-8-6-9-13-17)18-14-10-7-11-15-18/h6-16H,4-5H2,1-3,21H3. The third-order valence-electron chi connectivity index (χ3n) is 4.94. The predicted octanol–water partition coefficient (Wildman–Crippen LogP) is 3.03. The van der Waals surface area contributed by atoms with E-state index in [2.05, 4.69) is 86.3 Å². The topological polar surface area (TPSA) is 3.24 Å². The van der Waals surface area contributed by atoms with Gasteiger partial charge in [0.25, 0.3) is 0 Å². The molecule has 1 unspecified atom stereocenters. The van der Waals surface area contributed by atoms with Crippen LogP contribution in [0.15, 0.2) is 60.7 Å². The number of rotatable bonds is 6. The Labute approximate surface area is 132 Å². The van der Waals surface area contributed by atoms with Gasteiger partial charge < -0.3 is 4.90 Å². The first-order valence-electron chi connectivity index (χ1n) is 7.99. The van der Waals surface area contributed by atoms with Crippen molar-refractivity contribution in [3.63, 3.8) is 0 Å². The van der Waals surface area contributed by atoms with E-state index >= 15 is 0 Å². The maximum Gasteiger partial charge on any atom is 0.0238 e. The van der Waals surface area contributed by atoms with Gasteiger partial charge in [-0.3, -0.25) is 0 Å². The van der Waals surface area contributed by atoms with Crippen LogP contribution in [0.3, 0.4) is 0 Å². The first-order chi connectivity index (χ1) is 10.1. The van der Waals surface area contributed by atoms with Crippen molar-refractivity contribution in [3.05, 3.63) is 71.8 Å². The smallest absolute Gasteiger partial charge is 0.0238 e. The summed E-state index contributed by atoms with van der Waals surface area (Å²) in [7, 11) is 1.09. The molecule has 0 bridgehead atoms. The number of benzene rings is 2. The molecule has 0 saturated carbocycles. The highest BCUT2D eigenvalue weighted by molar-refractivity contribution is 6.19. The van der Waals surface area contributed by atoms with E-state index in [0.29, 0.717) is 6.04 Å². The van der Waals surface area contributed by atoms with Crippen LogP contribution in [0.5, 0.6) is 0 Å². The van der Waals surface area contributed by atoms with Crippen LogP contribution in [0, 0.1) is 0 Å². The van der Waals surface area contributed by atoms with Crippen molar-refractivity contribution >= 4 is 10.2 Å². The molecule has 0 heterocycles. The molecule has 0 amide bonds. The average molecular weight is 298 g/mol. The molecule has 0 saturated heterocycles. The fourth-order valence-electron chi connectivity index (χ4n) is 3.35. The molecule has 0 aliphatic carbocycles. The second-order valence-electron chi connectivity index (χ2n) is 5.83. The van der Waals surface area contributed by atoms with E-state index < -0.39 is 0 Å². The van der Waals surface area contributed by atoms with Gasteiger partial charge in [0.2, 0.25) is 0 Å². The van der Waals surface area contributed by atoms with Gasteiger partial charge in [-0.05, 0) is 31.1 Å². The lowest BCUT2D eigenvalue weighted by Gasteiger charge is -2.43. The van der Waals surface area contributed by atoms with Gasteiger partial charge in [-0.15, -0.1) is 0 Å². The van der Waals surface area contributed by atoms with Gasteiger partial charge in [0.15, 0.2) is 0 Å². The molecule has 2 heteroatoms. The average Bonchev–Trinajstić information content (AvgIpc) is 2.56. The molecule has 2 rings (SSSR count). The van der Waals surface area contributed by atoms with Crippen LogP contribution in [0.1, 0.15) is 31.9 Å². The van der Waals surface area contributed by atoms with Crippen LogP contribution in [0.25, 0.3) is 0 Å². The molecule has 112 valence electrons. The van der Waals surface area contributed by atoms with Crippen molar-refractivity contribution in [1.29, 1.82) is 0 Å². The normalized spacial score (nSPS) is 13.5. The summed E-state index contributed by atoms with van der Waals surface area (Å²) >= 11 is 0. The maximum absolute atomic E-state index is 2.58. The molecule has 1 atom stereocenters. The first kappa shape index (κ1) is 16.0. The number of nitrogens with zero attached hydrogens (tertiary/aromatic N) is 1. The van der Waals surface area contributed by atoms with Gasteiger partial charge in [0.1, 0.15) is 0 Å². The lowest BCUT2D eigenvalue weighted by Crippen LogP contribution is -2.50. The monoisotopic (exact) mass is 297 g/mol. The fraction of sp³-hybridized carbons (Fsp3) is 0.368. The third-order valence-corrected chi connectivity index (χ3v) is 6.93. The minimum atomic E-state index is 0.133. The summed E-state index contributed by atoms with van der Waals surface area (Å²) in [5, 5.41) is 0.133. The summed E-state index contributed by atoms with van der Waals surface area (Å²) in [6.07, 6.45) is 0. The Balaban J connectivity index is 2.54. The van der Waals surface area contributed by atoms with E-state index in [1.165, 1.54) is 11.1 Å². The molecule has 21 heavy (non-hydrogen) atoms. The summed E-state index contributed by atoms with van der Waals surface area (Å²) in [5.41, 5.74) is 2.89. The Morgan fingerprint density at radius 2 is 1.24 bits per heavy atom. The summed E-state index contributed by atoms with van der Waals surface area (Å²) in [6.45, 7) is 9.11. The molecule has 0 aromatic heterocycles. The molecule has 2 aromatic carbocycles. The highest BCUT2D eigenvalue weighted by Gasteiger charge is 2.37. The minimum Gasteiger partial charge on any atom is -0.300 e. The van der Waals surface area contributed by atoms with Crippen LogP contribution >= 0.6 is 0 Å². The van der Waals surface area contributed by atoms with Crippen molar-refractivity contribution in [2.24, 2.45) is 0 Å². The van der Waals surface area contributed by atoms with Crippen LogP contribution in [0.2, 0.25) is 0 Å². The summed E-state index contributed by atoms with van der Waals surface area (Å²) in [5.74, 6) is 0. The van der Waals surface area contributed by atoms with Crippen LogP contribution in [-0.4, -0.2) is 34.3 Å². The summed E-state index contributed by atoms with van der Waals surface area (Å²) < 4.78 is 0. The number of likely N-dealkylation sites (N-methyl/N-ethyl adjacent to an activating group) is 1. The van der Waals surface area contributed by atoms with Crippen molar-refractivity contribution in [2.75, 3.05) is 13.1 Å². The fourth-order valence-corrected chi connectivity index (χ4v) is 4.39. The van der Waals surface area contributed by atoms with Crippen LogP contribution in [0.4, 0.5) is 0 Å². The SMILES string of the molecule is CCN(CC)C(C)C([SiH3])(c1ccccc1)c1ccccc1. The second kappa shape index (κ2) is 7.06. The molecule has 0 fully saturated rings. The van der Waals surface area contributed by atoms with Crippen molar-refractivity contribution < 1.29 is 0 Å². The maximum atomic E-state index is 2.58. The van der Waals surface area contributed by atoms with Crippen molar-refractivity contribution in [2.45, 2.75) is 31.9 Å². The van der Waals surface area contributed by atoms with Crippen molar-refractivity contribution in [1.82, 2.24) is 4.90 Å². The van der Waals surface area contributed by atoms with Crippen molar-refractivity contribution in [3.8, 4) is 0 Å². The van der Waals surface area contributed by atoms with Crippen LogP contribution < -0.4 is 0 Å². The van der Waals surface area contributed by atoms with Gasteiger partial charge in [-0.25, -0.2) is 0 Å². The Hall–Kier alpha value is -1.38. The van der Waals surface area contributed by atoms with E-state index in [1.807, 2.05) is 0 Å². The van der Waals surface area contributed by atoms with Gasteiger partial charge >= 0.3 is 0 Å². The zero-order valence-electron chi connectivity index (χ0n) is 13.7. The zero-order chi connectivity index (χ0) is 15.3. The Morgan fingerprint density at radius 1 is 0.857 bits per heavy atom. The quantitative estimate of drug-likeness (QED) is 0.741. The van der Waals surface area contributed by atoms with E-state index in [4.69, 9.17) is 0 Å². The number of hydrogen-bond acceptors (Lipinski definition) is 1. The predicted molar refractivity (Wildman–Crippen MR) is 96.0 cm³/mol. The van der Waals surface area contributed by atoms with Crippen LogP contribution in [-0.2, 0) is 5.04 Å². The highest BCUT2D eigenvalue weighted by Crippen LogP contribution is 2.34. The largest absolute Gasteiger partial charge is 0.300 e. The van der Waals surface area contributed by atoms with Gasteiger partial charge in [0, 0.05) is 21.3 Å². The van der Waals surface area contributed by atoms with Gasteiger partial charge in [-0.1, -0.05) is 74.5 Å². The Morgan fingerprint density at radius 3 is 1.57 bits per heavy atom. The molecule has 2 aromatic rings. The highest BCUT2D eigenvalue weighted by atomic mass is 28.1. The minimum absolute atomic E-state index is 0.133. The molecule has 1 nitrogen and oxygen atoms in total. The second-order valence-corrected chi connectivity index (χ2v) is 7.41. The molecular formula is C19H27NSi. The van der Waals surface area contributed by atoms with E-state index in [-0.39, 0.29) is 5.04 Å². The van der Waals surface area contributed by atoms with E-state index in [1.54, 1.807) is 0 Å². The van der Waals surface area contributed by atoms with E-state index in [9.17, 15) is 0 Å². The Bertz CT molecular complexity index is 495. The lowest BCUT2D eigenvalue weighted by molar-refractivity contribution is 0.199. The Kier molecular flexibility index (Phi) is 5.37.